The van der Waals surface area contributed by atoms with Gasteiger partial charge >= 0.3 is 29.6 Å². The van der Waals surface area contributed by atoms with E-state index in [-0.39, 0.29) is 86.3 Å². The molecule has 0 amide bonds. The predicted molar refractivity (Wildman–Crippen MR) is 245 cm³/mol. The van der Waals surface area contributed by atoms with Crippen molar-refractivity contribution in [3.63, 3.8) is 0 Å². The van der Waals surface area contributed by atoms with Crippen molar-refractivity contribution < 1.29 is 81.1 Å². The van der Waals surface area contributed by atoms with Gasteiger partial charge in [0.15, 0.2) is 14.9 Å². The summed E-state index contributed by atoms with van der Waals surface area (Å²) in [5.74, 6) is 0.446. The molecule has 0 atom stereocenters. The van der Waals surface area contributed by atoms with Crippen LogP contribution in [0.3, 0.4) is 0 Å². The molecule has 67 heavy (non-hydrogen) atoms. The topological polar surface area (TPSA) is 281 Å². The first-order chi connectivity index (χ1) is 31.4. The summed E-state index contributed by atoms with van der Waals surface area (Å²) in [4.78, 5) is 8.49. The van der Waals surface area contributed by atoms with Gasteiger partial charge in [-0.25, -0.2) is 16.8 Å². The maximum absolute atomic E-state index is 12.9. The molecule has 0 unspecified atom stereocenters. The molecule has 0 aliphatic rings. The molecule has 0 aliphatic carbocycles. The SMILES string of the molecule is Cc1ccc(S(=O)(=O)OCCOc2ccc(N)c(CS(=O)(=O)c3ccccc3)c2)cc1.Cc1ccc(S(=O)(=O)OCCOc2ccc3n[nH]c(S(=O)(=O)c4ccccc4)c3c2)cc1.O=N[O-].[Na+]. The number of aromatic nitrogens is 2. The van der Waals surface area contributed by atoms with Gasteiger partial charge in [0.2, 0.25) is 9.84 Å². The van der Waals surface area contributed by atoms with Gasteiger partial charge in [-0.1, -0.05) is 71.8 Å². The average Bonchev–Trinajstić information content (AvgIpc) is 3.73. The normalized spacial score (nSPS) is 11.5. The van der Waals surface area contributed by atoms with Gasteiger partial charge in [0.25, 0.3) is 20.2 Å². The molecule has 0 bridgehead atoms. The molecule has 0 aliphatic heterocycles. The van der Waals surface area contributed by atoms with E-state index in [2.05, 4.69) is 10.2 Å². The molecule has 0 radical (unpaired) electrons. The van der Waals surface area contributed by atoms with Crippen molar-refractivity contribution in [2.45, 2.75) is 44.2 Å². The first-order valence-corrected chi connectivity index (χ1v) is 25.4. The zero-order valence-corrected chi connectivity index (χ0v) is 41.5. The van der Waals surface area contributed by atoms with Crippen LogP contribution in [-0.2, 0) is 54.0 Å². The fourth-order valence-electron chi connectivity index (χ4n) is 5.84. The summed E-state index contributed by atoms with van der Waals surface area (Å²) in [5, 5.41) is 16.0. The molecule has 23 heteroatoms. The number of sulfone groups is 2. The second-order valence-corrected chi connectivity index (χ2v) is 21.0. The van der Waals surface area contributed by atoms with Crippen LogP contribution in [0.5, 0.6) is 11.5 Å². The van der Waals surface area contributed by atoms with E-state index in [0.29, 0.717) is 33.7 Å². The molecule has 7 rings (SSSR count). The number of nitrogens with zero attached hydrogens (tertiary/aromatic N) is 2. The third-order valence-electron chi connectivity index (χ3n) is 9.18. The Morgan fingerprint density at radius 3 is 1.52 bits per heavy atom. The minimum atomic E-state index is -3.89. The standard InChI is InChI=1S/C22H20N2O6S2.C22H23NO6S2.HNO2.Na/c1-16-7-10-19(11-8-16)32(27,28)30-14-13-29-17-9-12-21-20(15-17)22(24-23-21)31(25,26)18-5-3-2-4-6-18;1-17-7-10-21(11-8-17)31(26,27)29-14-13-28-19-9-12-22(23)18(15-19)16-30(24,25)20-5-3-2-4-6-20;2-1-3;/h2-12,15H,13-14H2,1H3,(H,23,24);2-12,15H,13-14,16,23H2,1H3;(H,2,3);/q;;;+1/p-1. The van der Waals surface area contributed by atoms with Gasteiger partial charge in [-0.15, -0.1) is 5.34 Å². The van der Waals surface area contributed by atoms with E-state index in [0.717, 1.165) is 16.5 Å². The number of rotatable bonds is 17. The number of aromatic amines is 1. The number of nitrogens with one attached hydrogen (secondary N) is 1. The molecule has 348 valence electrons. The van der Waals surface area contributed by atoms with Crippen molar-refractivity contribution in [2.75, 3.05) is 32.2 Å². The summed E-state index contributed by atoms with van der Waals surface area (Å²) in [6.07, 6.45) is 0. The van der Waals surface area contributed by atoms with Crippen molar-refractivity contribution in [3.8, 4) is 11.5 Å². The minimum absolute atomic E-state index is 0. The Bertz CT molecular complexity index is 3180. The van der Waals surface area contributed by atoms with E-state index in [9.17, 15) is 33.7 Å². The monoisotopic (exact) mass is 1000 g/mol. The van der Waals surface area contributed by atoms with Gasteiger partial charge in [-0.2, -0.15) is 21.9 Å². The van der Waals surface area contributed by atoms with E-state index in [1.807, 2.05) is 13.8 Å². The molecule has 0 spiro atoms. The number of nitrogen functional groups attached to an aromatic ring is 1. The minimum Gasteiger partial charge on any atom is -0.491 e. The second-order valence-electron chi connectivity index (χ2n) is 13.9. The van der Waals surface area contributed by atoms with Gasteiger partial charge in [0.1, 0.15) is 37.9 Å². The van der Waals surface area contributed by atoms with Crippen LogP contribution in [0.4, 0.5) is 5.69 Å². The molecule has 1 aromatic heterocycles. The second kappa shape index (κ2) is 24.4. The van der Waals surface area contributed by atoms with Crippen LogP contribution >= 0.6 is 0 Å². The summed E-state index contributed by atoms with van der Waals surface area (Å²) in [7, 11) is -15.1. The first kappa shape index (κ1) is 53.9. The average molecular weight is 1000 g/mol. The van der Waals surface area contributed by atoms with Crippen LogP contribution in [0.25, 0.3) is 10.9 Å². The maximum Gasteiger partial charge on any atom is 1.00 e. The van der Waals surface area contributed by atoms with Gasteiger partial charge in [-0.3, -0.25) is 13.5 Å². The zero-order chi connectivity index (χ0) is 48.0. The smallest absolute Gasteiger partial charge is 0.491 e. The summed E-state index contributed by atoms with van der Waals surface area (Å²) in [6.45, 7) is 3.23. The quantitative estimate of drug-likeness (QED) is 0.0325. The Kier molecular flexibility index (Phi) is 19.6. The Labute approximate surface area is 410 Å². The van der Waals surface area contributed by atoms with Gasteiger partial charge in [0, 0.05) is 11.1 Å². The Hall–Kier alpha value is -5.69. The number of ether oxygens (including phenoxy) is 2. The van der Waals surface area contributed by atoms with Crippen molar-refractivity contribution in [2.24, 2.45) is 5.34 Å². The molecule has 0 saturated carbocycles. The van der Waals surface area contributed by atoms with Crippen LogP contribution < -0.4 is 44.8 Å². The molecule has 3 N–H and O–H groups in total. The van der Waals surface area contributed by atoms with Crippen molar-refractivity contribution >= 4 is 56.5 Å². The van der Waals surface area contributed by atoms with Crippen molar-refractivity contribution in [1.29, 1.82) is 0 Å². The predicted octanol–water partition coefficient (Wildman–Crippen LogP) is 4.08. The summed E-state index contributed by atoms with van der Waals surface area (Å²) in [5.41, 5.74) is 9.00. The van der Waals surface area contributed by atoms with Crippen molar-refractivity contribution in [3.05, 3.63) is 172 Å². The summed E-state index contributed by atoms with van der Waals surface area (Å²) < 4.78 is 121. The van der Waals surface area contributed by atoms with E-state index in [1.165, 1.54) is 54.6 Å². The molecule has 0 fully saturated rings. The number of hydrogen-bond donors (Lipinski definition) is 2. The van der Waals surface area contributed by atoms with E-state index in [1.54, 1.807) is 91.0 Å². The van der Waals surface area contributed by atoms with Gasteiger partial charge in [0.05, 0.1) is 30.9 Å². The number of nitrogens with two attached hydrogens (primary N) is 1. The maximum atomic E-state index is 12.9. The number of fused-ring (bicyclic) bond motifs is 1. The Balaban J connectivity index is 0.000000273. The third-order valence-corrected chi connectivity index (χ3v) is 15.3. The Morgan fingerprint density at radius 1 is 0.582 bits per heavy atom. The molecule has 1 heterocycles. The van der Waals surface area contributed by atoms with Gasteiger partial charge in [-0.05, 0) is 104 Å². The van der Waals surface area contributed by atoms with E-state index >= 15 is 0 Å². The molecular formula is C44H43N4NaO14S4. The van der Waals surface area contributed by atoms with Crippen LogP contribution in [-0.4, -0.2) is 70.3 Å². The third kappa shape index (κ3) is 15.2. The number of hydrogen-bond acceptors (Lipinski definition) is 17. The number of H-pyrrole nitrogens is 1. The van der Waals surface area contributed by atoms with E-state index < -0.39 is 39.9 Å². The number of anilines is 1. The molecule has 18 nitrogen and oxygen atoms in total. The molecule has 0 saturated heterocycles. The largest absolute Gasteiger partial charge is 1.00 e. The van der Waals surface area contributed by atoms with Gasteiger partial charge < -0.3 is 25.3 Å². The van der Waals surface area contributed by atoms with Crippen LogP contribution in [0.15, 0.2) is 176 Å². The Morgan fingerprint density at radius 2 is 1.03 bits per heavy atom. The summed E-state index contributed by atoms with van der Waals surface area (Å²) in [6, 6.07) is 38.3. The van der Waals surface area contributed by atoms with Crippen LogP contribution in [0, 0.1) is 24.0 Å². The molecular weight excluding hydrogens is 960 g/mol. The zero-order valence-electron chi connectivity index (χ0n) is 36.2. The number of aryl methyl sites for hydroxylation is 2. The van der Waals surface area contributed by atoms with Crippen LogP contribution in [0.1, 0.15) is 16.7 Å². The fourth-order valence-corrected chi connectivity index (χ4v) is 10.4. The van der Waals surface area contributed by atoms with E-state index in [4.69, 9.17) is 33.7 Å². The fraction of sp³-hybridized carbons (Fsp3) is 0.159. The first-order valence-electron chi connectivity index (χ1n) is 19.4. The van der Waals surface area contributed by atoms with Crippen molar-refractivity contribution in [1.82, 2.24) is 10.2 Å². The van der Waals surface area contributed by atoms with Crippen LogP contribution in [0.2, 0.25) is 0 Å². The number of benzene rings is 6. The molecule has 6 aromatic carbocycles. The summed E-state index contributed by atoms with van der Waals surface area (Å²) >= 11 is 0. The molecule has 7 aromatic rings.